The van der Waals surface area contributed by atoms with Crippen LogP contribution in [0.2, 0.25) is 0 Å². The third-order valence-electron chi connectivity index (χ3n) is 5.75. The van der Waals surface area contributed by atoms with Gasteiger partial charge in [-0.05, 0) is 18.2 Å². The normalized spacial score (nSPS) is 24.7. The molecule has 0 saturated carbocycles. The molecule has 5 nitrogen and oxygen atoms in total. The molecule has 0 aliphatic carbocycles. The minimum absolute atomic E-state index is 0.00685. The van der Waals surface area contributed by atoms with Gasteiger partial charge in [-0.15, -0.1) is 0 Å². The van der Waals surface area contributed by atoms with E-state index in [1.165, 1.54) is 0 Å². The van der Waals surface area contributed by atoms with Crippen LogP contribution in [0.25, 0.3) is 0 Å². The molecule has 2 aliphatic rings. The molecule has 0 radical (unpaired) electrons. The average molecular weight is 385 g/mol. The lowest BCUT2D eigenvalue weighted by molar-refractivity contribution is -0.137. The molecule has 6 heteroatoms. The van der Waals surface area contributed by atoms with Gasteiger partial charge in [-0.2, -0.15) is 0 Å². The first kappa shape index (κ1) is 18.2. The Morgan fingerprint density at radius 1 is 0.889 bits per heavy atom. The largest absolute Gasteiger partial charge is 0.335 e. The number of hydrogen-bond donors (Lipinski definition) is 0. The van der Waals surface area contributed by atoms with Crippen LogP contribution in [0, 0.1) is 0 Å². The van der Waals surface area contributed by atoms with E-state index in [9.17, 15) is 13.2 Å². The van der Waals surface area contributed by atoms with Crippen molar-refractivity contribution < 1.29 is 13.2 Å². The zero-order valence-electron chi connectivity index (χ0n) is 15.4. The molecule has 2 aliphatic heterocycles. The molecule has 0 aromatic heterocycles. The number of carbonyl (C=O) groups is 1. The van der Waals surface area contributed by atoms with E-state index < -0.39 is 15.8 Å². The van der Waals surface area contributed by atoms with Gasteiger partial charge >= 0.3 is 0 Å². The molecule has 0 bridgehead atoms. The molecule has 4 rings (SSSR count). The SMILES string of the molecule is CN1CCN(C(=O)C(c2ccccc2)c2ccccc2)[C@H]2CS(=O)(=O)C[C@H]21. The minimum atomic E-state index is -3.12. The summed E-state index contributed by atoms with van der Waals surface area (Å²) in [4.78, 5) is 17.6. The second kappa shape index (κ2) is 7.09. The highest BCUT2D eigenvalue weighted by Gasteiger charge is 2.48. The summed E-state index contributed by atoms with van der Waals surface area (Å²) in [6, 6.07) is 19.1. The van der Waals surface area contributed by atoms with Crippen molar-refractivity contribution >= 4 is 15.7 Å². The molecule has 2 heterocycles. The summed E-state index contributed by atoms with van der Waals surface area (Å²) in [5.41, 5.74) is 1.87. The van der Waals surface area contributed by atoms with Crippen LogP contribution in [0.1, 0.15) is 17.0 Å². The molecule has 1 amide bonds. The summed E-state index contributed by atoms with van der Waals surface area (Å²) in [6.45, 7) is 1.25. The van der Waals surface area contributed by atoms with Crippen LogP contribution in [-0.4, -0.2) is 67.9 Å². The molecule has 27 heavy (non-hydrogen) atoms. The number of rotatable bonds is 3. The lowest BCUT2D eigenvalue weighted by Crippen LogP contribution is -2.60. The highest BCUT2D eigenvalue weighted by atomic mass is 32.2. The van der Waals surface area contributed by atoms with E-state index in [1.54, 1.807) is 0 Å². The lowest BCUT2D eigenvalue weighted by Gasteiger charge is -2.43. The summed E-state index contributed by atoms with van der Waals surface area (Å²) in [5, 5.41) is 0. The standard InChI is InChI=1S/C21H24N2O3S/c1-22-12-13-23(19-15-27(25,26)14-18(19)22)21(24)20(16-8-4-2-5-9-16)17-10-6-3-7-11-17/h2-11,18-20H,12-15H2,1H3/t18-,19+/m1/s1. The first-order chi connectivity index (χ1) is 13.0. The fourth-order valence-corrected chi connectivity index (χ4v) is 6.39. The van der Waals surface area contributed by atoms with Crippen molar-refractivity contribution in [1.82, 2.24) is 9.80 Å². The maximum Gasteiger partial charge on any atom is 0.234 e. The fraction of sp³-hybridized carbons (Fsp3) is 0.381. The number of benzene rings is 2. The van der Waals surface area contributed by atoms with Gasteiger partial charge < -0.3 is 4.90 Å². The van der Waals surface area contributed by atoms with Gasteiger partial charge in [0.15, 0.2) is 9.84 Å². The maximum absolute atomic E-state index is 13.7. The molecule has 2 fully saturated rings. The molecule has 2 atom stereocenters. The number of nitrogens with zero attached hydrogens (tertiary/aromatic N) is 2. The number of sulfone groups is 1. The van der Waals surface area contributed by atoms with E-state index in [0.717, 1.165) is 11.1 Å². The van der Waals surface area contributed by atoms with Crippen molar-refractivity contribution in [3.05, 3.63) is 71.8 Å². The van der Waals surface area contributed by atoms with Crippen LogP contribution in [-0.2, 0) is 14.6 Å². The van der Waals surface area contributed by atoms with Crippen LogP contribution in [0.15, 0.2) is 60.7 Å². The van der Waals surface area contributed by atoms with E-state index in [0.29, 0.717) is 13.1 Å². The Balaban J connectivity index is 1.72. The number of hydrogen-bond acceptors (Lipinski definition) is 4. The predicted molar refractivity (Wildman–Crippen MR) is 105 cm³/mol. The highest BCUT2D eigenvalue weighted by molar-refractivity contribution is 7.91. The molecule has 0 spiro atoms. The van der Waals surface area contributed by atoms with Gasteiger partial charge in [0.05, 0.1) is 23.5 Å². The van der Waals surface area contributed by atoms with E-state index >= 15 is 0 Å². The van der Waals surface area contributed by atoms with Gasteiger partial charge in [0.25, 0.3) is 0 Å². The van der Waals surface area contributed by atoms with Crippen molar-refractivity contribution in [2.45, 2.75) is 18.0 Å². The van der Waals surface area contributed by atoms with Crippen LogP contribution in [0.5, 0.6) is 0 Å². The number of amides is 1. The van der Waals surface area contributed by atoms with Crippen LogP contribution in [0.3, 0.4) is 0 Å². The zero-order valence-corrected chi connectivity index (χ0v) is 16.2. The van der Waals surface area contributed by atoms with Gasteiger partial charge in [0.1, 0.15) is 0 Å². The molecular weight excluding hydrogens is 360 g/mol. The van der Waals surface area contributed by atoms with Crippen LogP contribution in [0.4, 0.5) is 0 Å². The fourth-order valence-electron chi connectivity index (χ4n) is 4.33. The van der Waals surface area contributed by atoms with Crippen molar-refractivity contribution in [3.8, 4) is 0 Å². The quantitative estimate of drug-likeness (QED) is 0.809. The van der Waals surface area contributed by atoms with Gasteiger partial charge in [-0.1, -0.05) is 60.7 Å². The summed E-state index contributed by atoms with van der Waals surface area (Å²) in [6.07, 6.45) is 0. The summed E-state index contributed by atoms with van der Waals surface area (Å²) in [7, 11) is -1.17. The molecule has 142 valence electrons. The number of piperazine rings is 1. The summed E-state index contributed by atoms with van der Waals surface area (Å²) in [5.74, 6) is -0.226. The summed E-state index contributed by atoms with van der Waals surface area (Å²) >= 11 is 0. The third-order valence-corrected chi connectivity index (χ3v) is 7.45. The van der Waals surface area contributed by atoms with Crippen LogP contribution >= 0.6 is 0 Å². The molecule has 2 aromatic rings. The van der Waals surface area contributed by atoms with E-state index in [1.807, 2.05) is 72.6 Å². The molecular formula is C21H24N2O3S. The number of likely N-dealkylation sites (N-methyl/N-ethyl adjacent to an activating group) is 1. The monoisotopic (exact) mass is 384 g/mol. The maximum atomic E-state index is 13.7. The Bertz CT molecular complexity index is 875. The predicted octanol–water partition coefficient (Wildman–Crippen LogP) is 1.76. The van der Waals surface area contributed by atoms with Gasteiger partial charge in [-0.25, -0.2) is 8.42 Å². The Labute approximate surface area is 160 Å². The minimum Gasteiger partial charge on any atom is -0.335 e. The first-order valence-corrected chi connectivity index (χ1v) is 11.1. The molecule has 2 aromatic carbocycles. The van der Waals surface area contributed by atoms with E-state index in [-0.39, 0.29) is 29.5 Å². The van der Waals surface area contributed by atoms with Crippen molar-refractivity contribution in [1.29, 1.82) is 0 Å². The van der Waals surface area contributed by atoms with Crippen molar-refractivity contribution in [2.75, 3.05) is 31.6 Å². The van der Waals surface area contributed by atoms with Gasteiger partial charge in [0, 0.05) is 19.1 Å². The summed E-state index contributed by atoms with van der Waals surface area (Å²) < 4.78 is 24.5. The second-order valence-corrected chi connectivity index (χ2v) is 9.63. The average Bonchev–Trinajstić information content (AvgIpc) is 3.00. The Kier molecular flexibility index (Phi) is 4.78. The first-order valence-electron chi connectivity index (χ1n) is 9.27. The lowest BCUT2D eigenvalue weighted by atomic mass is 9.89. The Hall–Kier alpha value is -2.18. The number of carbonyl (C=O) groups excluding carboxylic acids is 1. The highest BCUT2D eigenvalue weighted by Crippen LogP contribution is 2.32. The third kappa shape index (κ3) is 3.51. The molecule has 0 unspecified atom stereocenters. The second-order valence-electron chi connectivity index (χ2n) is 7.48. The van der Waals surface area contributed by atoms with Crippen molar-refractivity contribution in [3.63, 3.8) is 0 Å². The smallest absolute Gasteiger partial charge is 0.234 e. The molecule has 0 N–H and O–H groups in total. The zero-order chi connectivity index (χ0) is 19.0. The Morgan fingerprint density at radius 2 is 1.41 bits per heavy atom. The van der Waals surface area contributed by atoms with Crippen LogP contribution < -0.4 is 0 Å². The molecule has 2 saturated heterocycles. The van der Waals surface area contributed by atoms with Gasteiger partial charge in [0.2, 0.25) is 5.91 Å². The topological polar surface area (TPSA) is 57.7 Å². The number of fused-ring (bicyclic) bond motifs is 1. The Morgan fingerprint density at radius 3 is 1.96 bits per heavy atom. The van der Waals surface area contributed by atoms with E-state index in [2.05, 4.69) is 4.90 Å². The van der Waals surface area contributed by atoms with Gasteiger partial charge in [-0.3, -0.25) is 9.69 Å². The van der Waals surface area contributed by atoms with Crippen molar-refractivity contribution in [2.24, 2.45) is 0 Å². The van der Waals surface area contributed by atoms with E-state index in [4.69, 9.17) is 0 Å².